The molecule has 0 unspecified atom stereocenters. The molecule has 39 heavy (non-hydrogen) atoms. The van der Waals surface area contributed by atoms with Gasteiger partial charge >= 0.3 is 0 Å². The van der Waals surface area contributed by atoms with Gasteiger partial charge in [0.05, 0.1) is 6.61 Å². The molecule has 4 rings (SSSR count). The number of nitrogens with zero attached hydrogens (tertiary/aromatic N) is 1. The molecule has 0 spiro atoms. The highest BCUT2D eigenvalue weighted by atomic mass is 16.8. The van der Waals surface area contributed by atoms with Crippen molar-refractivity contribution >= 4 is 6.21 Å². The Balaban J connectivity index is 1.44. The van der Waals surface area contributed by atoms with E-state index in [-0.39, 0.29) is 11.5 Å². The highest BCUT2D eigenvalue weighted by molar-refractivity contribution is 5.68. The van der Waals surface area contributed by atoms with Crippen LogP contribution in [0.2, 0.25) is 0 Å². The predicted molar refractivity (Wildman–Crippen MR) is 153 cm³/mol. The molecule has 216 valence electrons. The third-order valence-electron chi connectivity index (χ3n) is 8.00. The van der Waals surface area contributed by atoms with Crippen molar-refractivity contribution in [3.8, 4) is 0 Å². The normalized spacial score (nSPS) is 35.0. The smallest absolute Gasteiger partial charge is 0.222 e. The lowest BCUT2D eigenvalue weighted by atomic mass is 9.72. The van der Waals surface area contributed by atoms with Crippen molar-refractivity contribution in [2.75, 3.05) is 6.61 Å². The summed E-state index contributed by atoms with van der Waals surface area (Å²) in [7, 11) is 0. The molecule has 7 nitrogen and oxygen atoms in total. The summed E-state index contributed by atoms with van der Waals surface area (Å²) in [4.78, 5) is 0. The van der Waals surface area contributed by atoms with E-state index in [1.807, 2.05) is 52.8 Å². The van der Waals surface area contributed by atoms with E-state index in [1.54, 1.807) is 0 Å². The van der Waals surface area contributed by atoms with Crippen LogP contribution >= 0.6 is 0 Å². The summed E-state index contributed by atoms with van der Waals surface area (Å²) in [6.07, 6.45) is 15.5. The van der Waals surface area contributed by atoms with Gasteiger partial charge < -0.3 is 28.9 Å². The van der Waals surface area contributed by atoms with E-state index < -0.39 is 36.1 Å². The van der Waals surface area contributed by atoms with E-state index in [4.69, 9.17) is 23.7 Å². The number of ether oxygens (including phenoxy) is 5. The molecule has 0 aromatic rings. The molecular formula is C32H47NO6. The maximum absolute atomic E-state index is 13.4. The average molecular weight is 542 g/mol. The summed E-state index contributed by atoms with van der Waals surface area (Å²) in [5.41, 5.74) is 5.32. The second kappa shape index (κ2) is 11.5. The molecule has 1 aliphatic carbocycles. The molecule has 5 atom stereocenters. The summed E-state index contributed by atoms with van der Waals surface area (Å²) in [6, 6.07) is -0.624. The first-order valence-electron chi connectivity index (χ1n) is 14.2. The van der Waals surface area contributed by atoms with Crippen LogP contribution in [0.15, 0.2) is 58.7 Å². The van der Waals surface area contributed by atoms with Crippen molar-refractivity contribution in [2.45, 2.75) is 124 Å². The fourth-order valence-electron chi connectivity index (χ4n) is 5.97. The highest BCUT2D eigenvalue weighted by Gasteiger charge is 2.62. The van der Waals surface area contributed by atoms with E-state index in [9.17, 15) is 5.21 Å². The maximum atomic E-state index is 13.4. The van der Waals surface area contributed by atoms with Gasteiger partial charge in [-0.25, -0.2) is 4.74 Å². The minimum atomic E-state index is -0.819. The number of hydrogen-bond acceptors (Lipinski definition) is 6. The van der Waals surface area contributed by atoms with E-state index in [0.717, 1.165) is 10.3 Å². The molecule has 7 heteroatoms. The third-order valence-corrected chi connectivity index (χ3v) is 8.00. The van der Waals surface area contributed by atoms with E-state index in [2.05, 4.69) is 45.9 Å². The van der Waals surface area contributed by atoms with Crippen LogP contribution in [0.4, 0.5) is 0 Å². The minimum absolute atomic E-state index is 0.232. The first-order chi connectivity index (χ1) is 18.2. The molecule has 0 aromatic carbocycles. The van der Waals surface area contributed by atoms with Crippen LogP contribution in [-0.2, 0) is 23.7 Å². The van der Waals surface area contributed by atoms with Crippen LogP contribution < -0.4 is 0 Å². The van der Waals surface area contributed by atoms with Crippen LogP contribution in [0.3, 0.4) is 0 Å². The Kier molecular flexibility index (Phi) is 8.79. The second-order valence-corrected chi connectivity index (χ2v) is 12.9. The summed E-state index contributed by atoms with van der Waals surface area (Å²) in [5, 5.41) is 13.4. The monoisotopic (exact) mass is 541 g/mol. The Hall–Kier alpha value is -2.03. The number of hydroxylamine groups is 1. The number of rotatable bonds is 7. The summed E-state index contributed by atoms with van der Waals surface area (Å²) in [5.74, 6) is -1.54. The van der Waals surface area contributed by atoms with Gasteiger partial charge in [-0.05, 0) is 84.3 Å². The zero-order valence-electron chi connectivity index (χ0n) is 25.2. The first-order valence-corrected chi connectivity index (χ1v) is 14.2. The fraction of sp³-hybridized carbons (Fsp3) is 0.656. The minimum Gasteiger partial charge on any atom is -0.623 e. The molecule has 0 amide bonds. The first kappa shape index (κ1) is 29.9. The largest absolute Gasteiger partial charge is 0.623 e. The van der Waals surface area contributed by atoms with Gasteiger partial charge in [0.2, 0.25) is 6.04 Å². The zero-order chi connectivity index (χ0) is 28.6. The Morgan fingerprint density at radius 3 is 2.31 bits per heavy atom. The van der Waals surface area contributed by atoms with Gasteiger partial charge in [0.25, 0.3) is 0 Å². The zero-order valence-corrected chi connectivity index (χ0v) is 25.2. The van der Waals surface area contributed by atoms with Gasteiger partial charge in [-0.1, -0.05) is 55.4 Å². The van der Waals surface area contributed by atoms with Crippen LogP contribution in [0.1, 0.15) is 81.6 Å². The van der Waals surface area contributed by atoms with Crippen molar-refractivity contribution < 1.29 is 28.4 Å². The van der Waals surface area contributed by atoms with Crippen molar-refractivity contribution in [1.29, 1.82) is 0 Å². The number of hydrogen-bond donors (Lipinski definition) is 0. The predicted octanol–water partition coefficient (Wildman–Crippen LogP) is 6.50. The fourth-order valence-corrected chi connectivity index (χ4v) is 5.97. The van der Waals surface area contributed by atoms with Crippen LogP contribution in [0.25, 0.3) is 0 Å². The topological polar surface area (TPSA) is 72.2 Å². The molecule has 0 aromatic heterocycles. The SMILES string of the molecule is CC1=C(/C=C/C(C)=C/C=C/C(C)=C/C=[N+](\[O-])[C@H]2[C@H]3OC(C)(C)O[C@H]3O[C@@H]2[C@H]2COC(C)(C)O2)C(C)(C)CCC1. The summed E-state index contributed by atoms with van der Waals surface area (Å²) >= 11 is 0. The van der Waals surface area contributed by atoms with E-state index >= 15 is 0 Å². The summed E-state index contributed by atoms with van der Waals surface area (Å²) in [6.45, 7) is 18.7. The Morgan fingerprint density at radius 2 is 1.64 bits per heavy atom. The average Bonchev–Trinajstić information content (AvgIpc) is 3.44. The standard InChI is InChI=1S/C32H47NO6/c1-21(15-16-24-23(3)14-11-18-30(24,4)5)12-10-13-22(2)17-19-33(34)26-27(25-20-35-31(6,7)37-25)36-29-28(26)38-32(8,9)39-29/h10,12-13,15-17,19,25-29H,11,14,18,20H2,1-9H3/b13-10+,16-15+,21-12+,22-17+,33-19-/t25-,26-,27-,28-,29-/m1/s1. The molecule has 3 heterocycles. The summed E-state index contributed by atoms with van der Waals surface area (Å²) < 4.78 is 30.8. The molecule has 3 fully saturated rings. The Morgan fingerprint density at radius 1 is 0.923 bits per heavy atom. The van der Waals surface area contributed by atoms with Crippen LogP contribution in [0, 0.1) is 10.6 Å². The molecular weight excluding hydrogens is 494 g/mol. The third kappa shape index (κ3) is 7.19. The molecule has 0 saturated carbocycles. The van der Waals surface area contributed by atoms with Gasteiger partial charge in [0.15, 0.2) is 36.3 Å². The van der Waals surface area contributed by atoms with Crippen molar-refractivity contribution in [2.24, 2.45) is 5.41 Å². The van der Waals surface area contributed by atoms with Crippen molar-refractivity contribution in [1.82, 2.24) is 0 Å². The second-order valence-electron chi connectivity index (χ2n) is 12.9. The van der Waals surface area contributed by atoms with Gasteiger partial charge in [-0.15, -0.1) is 0 Å². The Labute approximate surface area is 234 Å². The van der Waals surface area contributed by atoms with Gasteiger partial charge in [0.1, 0.15) is 6.10 Å². The lowest BCUT2D eigenvalue weighted by Gasteiger charge is -2.32. The number of allylic oxidation sites excluding steroid dienone is 10. The molecule has 3 saturated heterocycles. The van der Waals surface area contributed by atoms with Crippen molar-refractivity contribution in [3.63, 3.8) is 0 Å². The molecule has 3 aliphatic heterocycles. The molecule has 0 N–H and O–H groups in total. The highest BCUT2D eigenvalue weighted by Crippen LogP contribution is 2.42. The number of fused-ring (bicyclic) bond motifs is 1. The lowest BCUT2D eigenvalue weighted by Crippen LogP contribution is -2.47. The van der Waals surface area contributed by atoms with Crippen molar-refractivity contribution in [3.05, 3.63) is 64.0 Å². The quantitative estimate of drug-likeness (QED) is 0.121. The van der Waals surface area contributed by atoms with Crippen LogP contribution in [-0.4, -0.2) is 59.8 Å². The van der Waals surface area contributed by atoms with Gasteiger partial charge in [0, 0.05) is 6.08 Å². The maximum Gasteiger partial charge on any atom is 0.222 e. The Bertz CT molecular complexity index is 1110. The van der Waals surface area contributed by atoms with Crippen LogP contribution in [0.5, 0.6) is 0 Å². The molecule has 4 aliphatic rings. The molecule has 0 bridgehead atoms. The molecule has 0 radical (unpaired) electrons. The van der Waals surface area contributed by atoms with Gasteiger partial charge in [-0.3, -0.25) is 0 Å². The van der Waals surface area contributed by atoms with E-state index in [0.29, 0.717) is 6.61 Å². The lowest BCUT2D eigenvalue weighted by molar-refractivity contribution is -0.516. The van der Waals surface area contributed by atoms with E-state index in [1.165, 1.54) is 42.2 Å². The van der Waals surface area contributed by atoms with Gasteiger partial charge in [-0.2, -0.15) is 0 Å².